The number of fused-ring (bicyclic) bond motifs is 3. The third-order valence-electron chi connectivity index (χ3n) is 4.44. The molecule has 3 nitrogen and oxygen atoms in total. The maximum Gasteiger partial charge on any atom is 0.124 e. The maximum absolute atomic E-state index is 6.13. The largest absolute Gasteiger partial charge is 0.493 e. The Morgan fingerprint density at radius 3 is 2.76 bits per heavy atom. The molecule has 3 aromatic rings. The molecule has 0 radical (unpaired) electrons. The lowest BCUT2D eigenvalue weighted by molar-refractivity contribution is 0.304. The minimum Gasteiger partial charge on any atom is -0.493 e. The molecule has 0 bridgehead atoms. The number of benzene rings is 2. The Hall–Kier alpha value is -2.26. The van der Waals surface area contributed by atoms with E-state index in [0.29, 0.717) is 6.04 Å². The molecule has 0 unspecified atom stereocenters. The van der Waals surface area contributed by atoms with Crippen LogP contribution >= 0.6 is 0 Å². The highest BCUT2D eigenvalue weighted by Crippen LogP contribution is 2.33. The Balaban J connectivity index is 1.87. The summed E-state index contributed by atoms with van der Waals surface area (Å²) in [5.74, 6) is 0.988. The summed E-state index contributed by atoms with van der Waals surface area (Å²) < 4.78 is 6.13. The first-order valence-corrected chi connectivity index (χ1v) is 9.20. The Labute approximate surface area is 150 Å². The van der Waals surface area contributed by atoms with Crippen molar-refractivity contribution in [2.24, 2.45) is 0 Å². The molecule has 3 rings (SSSR count). The molecule has 0 aliphatic carbocycles. The van der Waals surface area contributed by atoms with Crippen molar-refractivity contribution >= 4 is 21.8 Å². The Morgan fingerprint density at radius 2 is 1.96 bits per heavy atom. The first-order chi connectivity index (χ1) is 12.2. The summed E-state index contributed by atoms with van der Waals surface area (Å²) in [4.78, 5) is 3.59. The summed E-state index contributed by atoms with van der Waals surface area (Å²) >= 11 is 0. The van der Waals surface area contributed by atoms with Crippen LogP contribution in [0.1, 0.15) is 32.8 Å². The van der Waals surface area contributed by atoms with Gasteiger partial charge in [0, 0.05) is 27.9 Å². The molecule has 2 N–H and O–H groups in total. The Morgan fingerprint density at radius 1 is 1.12 bits per heavy atom. The lowest BCUT2D eigenvalue weighted by Gasteiger charge is -2.13. The molecule has 3 heteroatoms. The topological polar surface area (TPSA) is 37.0 Å². The highest BCUT2D eigenvalue weighted by molar-refractivity contribution is 6.08. The summed E-state index contributed by atoms with van der Waals surface area (Å²) in [5.41, 5.74) is 3.61. The molecule has 0 saturated heterocycles. The number of ether oxygens (including phenoxy) is 1. The lowest BCUT2D eigenvalue weighted by atomic mass is 10.0. The second-order valence-electron chi connectivity index (χ2n) is 6.72. The second-order valence-corrected chi connectivity index (χ2v) is 6.72. The molecule has 25 heavy (non-hydrogen) atoms. The number of hydrogen-bond acceptors (Lipinski definition) is 2. The number of rotatable bonds is 8. The molecular weight excluding hydrogens is 308 g/mol. The van der Waals surface area contributed by atoms with Gasteiger partial charge in [0.25, 0.3) is 0 Å². The maximum atomic E-state index is 6.13. The van der Waals surface area contributed by atoms with E-state index in [1.54, 1.807) is 0 Å². The average molecular weight is 336 g/mol. The molecule has 0 saturated carbocycles. The van der Waals surface area contributed by atoms with Crippen LogP contribution in [0.5, 0.6) is 5.75 Å². The van der Waals surface area contributed by atoms with Gasteiger partial charge < -0.3 is 15.0 Å². The number of para-hydroxylation sites is 1. The van der Waals surface area contributed by atoms with E-state index in [1.165, 1.54) is 27.4 Å². The van der Waals surface area contributed by atoms with Crippen molar-refractivity contribution in [1.82, 2.24) is 10.3 Å². The first kappa shape index (κ1) is 17.6. The van der Waals surface area contributed by atoms with Gasteiger partial charge in [-0.25, -0.2) is 0 Å². The van der Waals surface area contributed by atoms with Gasteiger partial charge >= 0.3 is 0 Å². The van der Waals surface area contributed by atoms with Crippen molar-refractivity contribution in [2.45, 2.75) is 39.7 Å². The first-order valence-electron chi connectivity index (χ1n) is 9.20. The monoisotopic (exact) mass is 336 g/mol. The molecule has 2 aromatic carbocycles. The van der Waals surface area contributed by atoms with Gasteiger partial charge in [0.2, 0.25) is 0 Å². The molecule has 0 aliphatic rings. The summed E-state index contributed by atoms with van der Waals surface area (Å²) in [5, 5.41) is 5.97. The van der Waals surface area contributed by atoms with Crippen molar-refractivity contribution in [3.63, 3.8) is 0 Å². The predicted molar refractivity (Wildman–Crippen MR) is 108 cm³/mol. The molecule has 0 fully saturated rings. The van der Waals surface area contributed by atoms with Gasteiger partial charge in [-0.2, -0.15) is 0 Å². The molecule has 0 amide bonds. The van der Waals surface area contributed by atoms with Crippen LogP contribution in [-0.4, -0.2) is 24.2 Å². The fourth-order valence-corrected chi connectivity index (χ4v) is 3.18. The average Bonchev–Trinajstić information content (AvgIpc) is 2.98. The second kappa shape index (κ2) is 8.21. The van der Waals surface area contributed by atoms with Crippen LogP contribution in [-0.2, 0) is 6.42 Å². The number of aromatic amines is 1. The van der Waals surface area contributed by atoms with Gasteiger partial charge in [-0.3, -0.25) is 0 Å². The minimum atomic E-state index is 0.521. The number of nitrogens with one attached hydrogen (secondary N) is 2. The number of H-pyrrole nitrogens is 1. The van der Waals surface area contributed by atoms with Crippen LogP contribution in [0.3, 0.4) is 0 Å². The van der Waals surface area contributed by atoms with E-state index in [0.717, 1.165) is 31.7 Å². The summed E-state index contributed by atoms with van der Waals surface area (Å²) in [6.45, 7) is 8.11. The minimum absolute atomic E-state index is 0.521. The van der Waals surface area contributed by atoms with Crippen molar-refractivity contribution in [3.05, 3.63) is 54.1 Å². The van der Waals surface area contributed by atoms with E-state index in [9.17, 15) is 0 Å². The fraction of sp³-hybridized carbons (Fsp3) is 0.364. The molecule has 132 valence electrons. The van der Waals surface area contributed by atoms with Gasteiger partial charge in [-0.05, 0) is 44.5 Å². The van der Waals surface area contributed by atoms with Crippen LogP contribution < -0.4 is 10.1 Å². The highest BCUT2D eigenvalue weighted by Gasteiger charge is 2.12. The van der Waals surface area contributed by atoms with Crippen LogP contribution in [0.25, 0.3) is 21.8 Å². The SMILES string of the molecule is C/C=C/Cc1c(OCCCNC(C)C)ccc2c1[nH]c1ccccc12. The lowest BCUT2D eigenvalue weighted by Crippen LogP contribution is -2.24. The number of hydrogen-bond donors (Lipinski definition) is 2. The smallest absolute Gasteiger partial charge is 0.124 e. The van der Waals surface area contributed by atoms with E-state index in [-0.39, 0.29) is 0 Å². The van der Waals surface area contributed by atoms with Crippen LogP contribution in [0, 0.1) is 0 Å². The van der Waals surface area contributed by atoms with Gasteiger partial charge in [0.1, 0.15) is 5.75 Å². The van der Waals surface area contributed by atoms with E-state index in [4.69, 9.17) is 4.74 Å². The van der Waals surface area contributed by atoms with E-state index in [1.807, 2.05) is 0 Å². The molecular formula is C22H28N2O. The highest BCUT2D eigenvalue weighted by atomic mass is 16.5. The number of allylic oxidation sites excluding steroid dienone is 2. The molecule has 0 spiro atoms. The molecule has 1 heterocycles. The van der Waals surface area contributed by atoms with E-state index < -0.39 is 0 Å². The van der Waals surface area contributed by atoms with Gasteiger partial charge in [-0.1, -0.05) is 44.2 Å². The molecule has 1 aromatic heterocycles. The van der Waals surface area contributed by atoms with Gasteiger partial charge in [0.15, 0.2) is 0 Å². The van der Waals surface area contributed by atoms with Crippen LogP contribution in [0.2, 0.25) is 0 Å². The Kier molecular flexibility index (Phi) is 5.77. The van der Waals surface area contributed by atoms with Crippen molar-refractivity contribution < 1.29 is 4.74 Å². The van der Waals surface area contributed by atoms with E-state index >= 15 is 0 Å². The summed E-state index contributed by atoms with van der Waals surface area (Å²) in [6.07, 6.45) is 6.16. The van der Waals surface area contributed by atoms with Crippen LogP contribution in [0.4, 0.5) is 0 Å². The zero-order valence-corrected chi connectivity index (χ0v) is 15.4. The van der Waals surface area contributed by atoms with Gasteiger partial charge in [-0.15, -0.1) is 0 Å². The predicted octanol–water partition coefficient (Wildman–Crippen LogP) is 5.21. The van der Waals surface area contributed by atoms with Crippen LogP contribution in [0.15, 0.2) is 48.6 Å². The third kappa shape index (κ3) is 4.05. The summed E-state index contributed by atoms with van der Waals surface area (Å²) in [6, 6.07) is 13.3. The van der Waals surface area contributed by atoms with E-state index in [2.05, 4.69) is 79.6 Å². The molecule has 0 atom stereocenters. The van der Waals surface area contributed by atoms with Crippen molar-refractivity contribution in [3.8, 4) is 5.75 Å². The fourth-order valence-electron chi connectivity index (χ4n) is 3.18. The normalized spacial score (nSPS) is 12.0. The molecule has 0 aliphatic heterocycles. The standard InChI is InChI=1S/C22H28N2O/c1-4-5-9-19-21(25-15-8-14-23-16(2)3)13-12-18-17-10-6-7-11-20(17)24-22(18)19/h4-7,10-13,16,23-24H,8-9,14-15H2,1-3H3/b5-4+. The van der Waals surface area contributed by atoms with Crippen molar-refractivity contribution in [1.29, 1.82) is 0 Å². The van der Waals surface area contributed by atoms with Gasteiger partial charge in [0.05, 0.1) is 12.1 Å². The number of aromatic nitrogens is 1. The Bertz CT molecular complexity index is 861. The zero-order chi connectivity index (χ0) is 17.6. The van der Waals surface area contributed by atoms with Crippen molar-refractivity contribution in [2.75, 3.05) is 13.2 Å². The zero-order valence-electron chi connectivity index (χ0n) is 15.4. The quantitative estimate of drug-likeness (QED) is 0.438. The summed E-state index contributed by atoms with van der Waals surface area (Å²) in [7, 11) is 0. The third-order valence-corrected chi connectivity index (χ3v) is 4.44.